The van der Waals surface area contributed by atoms with Gasteiger partial charge in [0.25, 0.3) is 10.0 Å². The van der Waals surface area contributed by atoms with Crippen LogP contribution in [0.1, 0.15) is 17.4 Å². The number of nitrogens with one attached hydrogen (secondary N) is 2. The van der Waals surface area contributed by atoms with E-state index in [0.29, 0.717) is 9.90 Å². The normalized spacial score (nSPS) is 11.3. The van der Waals surface area contributed by atoms with Crippen molar-refractivity contribution in [3.63, 3.8) is 0 Å². The van der Waals surface area contributed by atoms with Crippen molar-refractivity contribution in [2.75, 3.05) is 10.0 Å². The van der Waals surface area contributed by atoms with Gasteiger partial charge in [0.15, 0.2) is 0 Å². The minimum atomic E-state index is -3.53. The lowest BCUT2D eigenvalue weighted by Crippen LogP contribution is -2.11. The van der Waals surface area contributed by atoms with E-state index in [1.54, 1.807) is 18.2 Å². The summed E-state index contributed by atoms with van der Waals surface area (Å²) >= 11 is 1.30. The van der Waals surface area contributed by atoms with Crippen LogP contribution in [0.3, 0.4) is 0 Å². The molecule has 3 aromatic rings. The summed E-state index contributed by atoms with van der Waals surface area (Å²) in [7, 11) is -3.53. The van der Waals surface area contributed by atoms with Gasteiger partial charge >= 0.3 is 0 Å². The summed E-state index contributed by atoms with van der Waals surface area (Å²) in [6.45, 7) is 4.05. The van der Waals surface area contributed by atoms with Crippen LogP contribution in [0.2, 0.25) is 0 Å². The summed E-state index contributed by atoms with van der Waals surface area (Å²) in [5.74, 6) is 0. The molecule has 0 saturated carbocycles. The van der Waals surface area contributed by atoms with E-state index < -0.39 is 10.0 Å². The Labute approximate surface area is 152 Å². The zero-order chi connectivity index (χ0) is 17.9. The Morgan fingerprint density at radius 3 is 1.96 bits per heavy atom. The lowest BCUT2D eigenvalue weighted by Gasteiger charge is -2.09. The van der Waals surface area contributed by atoms with Crippen LogP contribution in [-0.4, -0.2) is 8.42 Å². The predicted molar refractivity (Wildman–Crippen MR) is 105 cm³/mol. The number of sulfonamides is 1. The fourth-order valence-electron chi connectivity index (χ4n) is 2.32. The highest BCUT2D eigenvalue weighted by molar-refractivity contribution is 7.94. The van der Waals surface area contributed by atoms with Gasteiger partial charge in [0.1, 0.15) is 4.21 Å². The third-order valence-corrected chi connectivity index (χ3v) is 6.83. The zero-order valence-corrected chi connectivity index (χ0v) is 15.7. The van der Waals surface area contributed by atoms with Gasteiger partial charge in [-0.3, -0.25) is 4.72 Å². The summed E-state index contributed by atoms with van der Waals surface area (Å²) in [6, 6.07) is 18.8. The van der Waals surface area contributed by atoms with Gasteiger partial charge in [0.05, 0.1) is 0 Å². The Kier molecular flexibility index (Phi) is 5.11. The largest absolute Gasteiger partial charge is 0.356 e. The second-order valence-electron chi connectivity index (χ2n) is 5.75. The number of anilines is 3. The molecule has 0 aliphatic heterocycles. The maximum atomic E-state index is 12.4. The van der Waals surface area contributed by atoms with Crippen molar-refractivity contribution in [2.24, 2.45) is 0 Å². The van der Waals surface area contributed by atoms with Crippen molar-refractivity contribution in [2.45, 2.75) is 24.5 Å². The lowest BCUT2D eigenvalue weighted by molar-refractivity contribution is 0.603. The van der Waals surface area contributed by atoms with Gasteiger partial charge in [-0.1, -0.05) is 24.6 Å². The van der Waals surface area contributed by atoms with E-state index in [0.717, 1.165) is 22.7 Å². The van der Waals surface area contributed by atoms with Gasteiger partial charge in [-0.2, -0.15) is 0 Å². The van der Waals surface area contributed by atoms with E-state index in [-0.39, 0.29) is 0 Å². The lowest BCUT2D eigenvalue weighted by atomic mass is 10.2. The maximum Gasteiger partial charge on any atom is 0.271 e. The predicted octanol–water partition coefficient (Wildman–Crippen LogP) is 5.16. The number of thiophene rings is 1. The molecule has 0 saturated heterocycles. The minimum absolute atomic E-state index is 0.339. The molecule has 6 heteroatoms. The van der Waals surface area contributed by atoms with E-state index in [9.17, 15) is 8.42 Å². The first-order valence-electron chi connectivity index (χ1n) is 8.01. The molecule has 0 aliphatic rings. The number of rotatable bonds is 6. The average molecular weight is 373 g/mol. The molecular formula is C19H20N2O2S2. The highest BCUT2D eigenvalue weighted by Gasteiger charge is 2.16. The van der Waals surface area contributed by atoms with E-state index in [4.69, 9.17) is 0 Å². The van der Waals surface area contributed by atoms with Crippen molar-refractivity contribution in [1.29, 1.82) is 0 Å². The summed E-state index contributed by atoms with van der Waals surface area (Å²) in [5.41, 5.74) is 3.64. The Morgan fingerprint density at radius 2 is 1.40 bits per heavy atom. The topological polar surface area (TPSA) is 58.2 Å². The standard InChI is InChI=1S/C19H20N2O2S2/c1-3-18-12-13-19(24-18)25(22,23)21-17-10-8-16(9-11-17)20-15-6-4-14(2)5-7-15/h4-13,20-21H,3H2,1-2H3. The number of aryl methyl sites for hydroxylation is 2. The monoisotopic (exact) mass is 372 g/mol. The zero-order valence-electron chi connectivity index (χ0n) is 14.1. The van der Waals surface area contributed by atoms with Crippen LogP contribution >= 0.6 is 11.3 Å². The Bertz CT molecular complexity index is 944. The first kappa shape index (κ1) is 17.5. The smallest absolute Gasteiger partial charge is 0.271 e. The molecule has 2 aromatic carbocycles. The number of hydrogen-bond donors (Lipinski definition) is 2. The fourth-order valence-corrected chi connectivity index (χ4v) is 4.68. The molecule has 0 bridgehead atoms. The molecule has 0 atom stereocenters. The highest BCUT2D eigenvalue weighted by atomic mass is 32.2. The third kappa shape index (κ3) is 4.41. The van der Waals surface area contributed by atoms with Crippen LogP contribution in [0.15, 0.2) is 64.9 Å². The summed E-state index contributed by atoms with van der Waals surface area (Å²) in [4.78, 5) is 1.05. The van der Waals surface area contributed by atoms with Gasteiger partial charge in [-0.25, -0.2) is 8.42 Å². The molecule has 4 nitrogen and oxygen atoms in total. The molecule has 0 unspecified atom stereocenters. The Balaban J connectivity index is 1.70. The molecule has 0 fully saturated rings. The van der Waals surface area contributed by atoms with Crippen LogP contribution < -0.4 is 10.0 Å². The van der Waals surface area contributed by atoms with Gasteiger partial charge in [0.2, 0.25) is 0 Å². The molecule has 0 radical (unpaired) electrons. The molecule has 1 heterocycles. The van der Waals surface area contributed by atoms with E-state index in [2.05, 4.69) is 10.0 Å². The van der Waals surface area contributed by atoms with Gasteiger partial charge in [-0.05, 0) is 61.9 Å². The van der Waals surface area contributed by atoms with Gasteiger partial charge < -0.3 is 5.32 Å². The van der Waals surface area contributed by atoms with Crippen molar-refractivity contribution in [3.8, 4) is 0 Å². The van der Waals surface area contributed by atoms with Crippen LogP contribution in [0, 0.1) is 6.92 Å². The summed E-state index contributed by atoms with van der Waals surface area (Å²) in [6.07, 6.45) is 0.833. The molecule has 0 amide bonds. The van der Waals surface area contributed by atoms with Gasteiger partial charge in [0, 0.05) is 21.9 Å². The third-order valence-electron chi connectivity index (χ3n) is 3.73. The molecule has 25 heavy (non-hydrogen) atoms. The first-order chi connectivity index (χ1) is 12.0. The van der Waals surface area contributed by atoms with Crippen molar-refractivity contribution in [3.05, 3.63) is 71.1 Å². The molecule has 0 spiro atoms. The molecule has 130 valence electrons. The second kappa shape index (κ2) is 7.29. The van der Waals surface area contributed by atoms with Crippen LogP contribution in [0.25, 0.3) is 0 Å². The van der Waals surface area contributed by atoms with E-state index in [1.165, 1.54) is 16.9 Å². The molecule has 2 N–H and O–H groups in total. The van der Waals surface area contributed by atoms with E-state index >= 15 is 0 Å². The highest BCUT2D eigenvalue weighted by Crippen LogP contribution is 2.25. The van der Waals surface area contributed by atoms with Crippen LogP contribution in [0.5, 0.6) is 0 Å². The van der Waals surface area contributed by atoms with Crippen LogP contribution in [-0.2, 0) is 16.4 Å². The maximum absolute atomic E-state index is 12.4. The van der Waals surface area contributed by atoms with Crippen molar-refractivity contribution >= 4 is 38.4 Å². The molecule has 3 rings (SSSR count). The first-order valence-corrected chi connectivity index (χ1v) is 10.3. The number of benzene rings is 2. The summed E-state index contributed by atoms with van der Waals surface area (Å²) in [5, 5.41) is 3.29. The summed E-state index contributed by atoms with van der Waals surface area (Å²) < 4.78 is 27.8. The average Bonchev–Trinajstić information content (AvgIpc) is 3.09. The van der Waals surface area contributed by atoms with Crippen LogP contribution in [0.4, 0.5) is 17.1 Å². The minimum Gasteiger partial charge on any atom is -0.356 e. The quantitative estimate of drug-likeness (QED) is 0.628. The van der Waals surface area contributed by atoms with Crippen molar-refractivity contribution < 1.29 is 8.42 Å². The Morgan fingerprint density at radius 1 is 0.840 bits per heavy atom. The molecule has 0 aliphatic carbocycles. The fraction of sp³-hybridized carbons (Fsp3) is 0.158. The second-order valence-corrected chi connectivity index (χ2v) is 8.83. The molecule has 1 aromatic heterocycles. The van der Waals surface area contributed by atoms with E-state index in [1.807, 2.05) is 56.3 Å². The van der Waals surface area contributed by atoms with Gasteiger partial charge in [-0.15, -0.1) is 11.3 Å². The Hall–Kier alpha value is -2.31. The van der Waals surface area contributed by atoms with Crippen molar-refractivity contribution in [1.82, 2.24) is 0 Å². The SMILES string of the molecule is CCc1ccc(S(=O)(=O)Nc2ccc(Nc3ccc(C)cc3)cc2)s1. The molecular weight excluding hydrogens is 352 g/mol. The number of hydrogen-bond acceptors (Lipinski definition) is 4.